The molecule has 0 spiro atoms. The van der Waals surface area contributed by atoms with Crippen LogP contribution in [0.1, 0.15) is 27.2 Å². The van der Waals surface area contributed by atoms with Crippen LogP contribution in [0.3, 0.4) is 0 Å². The molecule has 0 aliphatic carbocycles. The lowest BCUT2D eigenvalue weighted by atomic mass is 10.1. The second kappa shape index (κ2) is 8.06. The molecule has 0 heterocycles. The zero-order chi connectivity index (χ0) is 13.4. The van der Waals surface area contributed by atoms with E-state index in [0.29, 0.717) is 12.5 Å². The number of hydrogen-bond acceptors (Lipinski definition) is 3. The van der Waals surface area contributed by atoms with E-state index < -0.39 is 0 Å². The smallest absolute Gasteiger partial charge is 0.238 e. The van der Waals surface area contributed by atoms with Crippen LogP contribution in [0.5, 0.6) is 0 Å². The first kappa shape index (κ1) is 15.9. The van der Waals surface area contributed by atoms with Gasteiger partial charge in [-0.25, -0.2) is 0 Å². The molecule has 0 saturated heterocycles. The third-order valence-corrected chi connectivity index (χ3v) is 2.42. The van der Waals surface area contributed by atoms with Crippen molar-refractivity contribution >= 4 is 11.8 Å². The van der Waals surface area contributed by atoms with Crippen molar-refractivity contribution in [2.75, 3.05) is 27.2 Å². The van der Waals surface area contributed by atoms with Gasteiger partial charge in [-0.05, 0) is 19.3 Å². The highest BCUT2D eigenvalue weighted by atomic mass is 16.2. The van der Waals surface area contributed by atoms with E-state index in [2.05, 4.69) is 24.5 Å². The summed E-state index contributed by atoms with van der Waals surface area (Å²) in [6.45, 7) is 6.85. The summed E-state index contributed by atoms with van der Waals surface area (Å²) in [4.78, 5) is 24.4. The van der Waals surface area contributed by atoms with Crippen molar-refractivity contribution in [1.29, 1.82) is 0 Å². The Morgan fingerprint density at radius 2 is 1.76 bits per heavy atom. The molecule has 0 aliphatic rings. The van der Waals surface area contributed by atoms with Gasteiger partial charge in [0.1, 0.15) is 0 Å². The molecule has 17 heavy (non-hydrogen) atoms. The van der Waals surface area contributed by atoms with E-state index in [1.807, 2.05) is 0 Å². The van der Waals surface area contributed by atoms with Crippen LogP contribution < -0.4 is 10.6 Å². The fraction of sp³-hybridized carbons (Fsp3) is 0.833. The van der Waals surface area contributed by atoms with Crippen molar-refractivity contribution in [3.8, 4) is 0 Å². The molecule has 0 radical (unpaired) electrons. The minimum atomic E-state index is -0.333. The van der Waals surface area contributed by atoms with Crippen LogP contribution >= 0.6 is 0 Å². The quantitative estimate of drug-likeness (QED) is 0.672. The molecule has 5 nitrogen and oxygen atoms in total. The normalized spacial score (nSPS) is 12.4. The van der Waals surface area contributed by atoms with E-state index in [0.717, 1.165) is 6.42 Å². The van der Waals surface area contributed by atoms with Crippen molar-refractivity contribution in [3.63, 3.8) is 0 Å². The first-order valence-corrected chi connectivity index (χ1v) is 6.05. The molecular weight excluding hydrogens is 218 g/mol. The predicted octanol–water partition coefficient (Wildman–Crippen LogP) is 0.215. The Morgan fingerprint density at radius 3 is 2.24 bits per heavy atom. The molecule has 0 aliphatic heterocycles. The van der Waals surface area contributed by atoms with E-state index in [1.54, 1.807) is 21.0 Å². The molecular formula is C12H25N3O2. The lowest BCUT2D eigenvalue weighted by Crippen LogP contribution is -2.45. The van der Waals surface area contributed by atoms with Gasteiger partial charge in [0.2, 0.25) is 11.8 Å². The Hall–Kier alpha value is -1.10. The first-order valence-electron chi connectivity index (χ1n) is 6.05. The van der Waals surface area contributed by atoms with Crippen LogP contribution in [0.4, 0.5) is 0 Å². The minimum absolute atomic E-state index is 0.0278. The SMILES string of the molecule is CC(C)CCNC(=O)CNC(C)C(=O)N(C)C. The topological polar surface area (TPSA) is 61.4 Å². The lowest BCUT2D eigenvalue weighted by molar-refractivity contribution is -0.130. The summed E-state index contributed by atoms with van der Waals surface area (Å²) in [5, 5.41) is 5.71. The monoisotopic (exact) mass is 243 g/mol. The largest absolute Gasteiger partial charge is 0.355 e. The maximum atomic E-state index is 11.5. The highest BCUT2D eigenvalue weighted by Gasteiger charge is 2.14. The lowest BCUT2D eigenvalue weighted by Gasteiger charge is -2.17. The third-order valence-electron chi connectivity index (χ3n) is 2.42. The summed E-state index contributed by atoms with van der Waals surface area (Å²) < 4.78 is 0. The van der Waals surface area contributed by atoms with Gasteiger partial charge in [0.15, 0.2) is 0 Å². The van der Waals surface area contributed by atoms with Gasteiger partial charge >= 0.3 is 0 Å². The average molecular weight is 243 g/mol. The van der Waals surface area contributed by atoms with Crippen LogP contribution in [0, 0.1) is 5.92 Å². The summed E-state index contributed by atoms with van der Waals surface area (Å²) in [7, 11) is 3.40. The van der Waals surface area contributed by atoms with Gasteiger partial charge in [-0.15, -0.1) is 0 Å². The van der Waals surface area contributed by atoms with Crippen molar-refractivity contribution < 1.29 is 9.59 Å². The van der Waals surface area contributed by atoms with Crippen LogP contribution in [0.15, 0.2) is 0 Å². The van der Waals surface area contributed by atoms with E-state index in [9.17, 15) is 9.59 Å². The van der Waals surface area contributed by atoms with Gasteiger partial charge in [-0.2, -0.15) is 0 Å². The van der Waals surface area contributed by atoms with Gasteiger partial charge < -0.3 is 10.2 Å². The molecule has 5 heteroatoms. The number of carbonyl (C=O) groups excluding carboxylic acids is 2. The predicted molar refractivity (Wildman–Crippen MR) is 68.6 cm³/mol. The summed E-state index contributed by atoms with van der Waals surface area (Å²) in [6, 6.07) is -0.333. The summed E-state index contributed by atoms with van der Waals surface area (Å²) >= 11 is 0. The molecule has 1 atom stereocenters. The number of carbonyl (C=O) groups is 2. The Balaban J connectivity index is 3.73. The highest BCUT2D eigenvalue weighted by molar-refractivity contribution is 5.83. The summed E-state index contributed by atoms with van der Waals surface area (Å²) in [5.74, 6) is 0.488. The number of rotatable bonds is 7. The van der Waals surface area contributed by atoms with E-state index >= 15 is 0 Å². The molecule has 1 unspecified atom stereocenters. The molecule has 0 rings (SSSR count). The maximum Gasteiger partial charge on any atom is 0.238 e. The molecule has 0 bridgehead atoms. The molecule has 0 saturated carbocycles. The van der Waals surface area contributed by atoms with Crippen LogP contribution in [0.2, 0.25) is 0 Å². The van der Waals surface area contributed by atoms with Crippen molar-refractivity contribution in [2.45, 2.75) is 33.2 Å². The van der Waals surface area contributed by atoms with Gasteiger partial charge in [0.25, 0.3) is 0 Å². The van der Waals surface area contributed by atoms with Gasteiger partial charge in [0.05, 0.1) is 12.6 Å². The molecule has 100 valence electrons. The maximum absolute atomic E-state index is 11.5. The fourth-order valence-corrected chi connectivity index (χ4v) is 1.28. The first-order chi connectivity index (χ1) is 7.84. The fourth-order valence-electron chi connectivity index (χ4n) is 1.28. The molecule has 0 aromatic rings. The van der Waals surface area contributed by atoms with Gasteiger partial charge in [-0.1, -0.05) is 13.8 Å². The second-order valence-corrected chi connectivity index (χ2v) is 4.87. The average Bonchev–Trinajstić information content (AvgIpc) is 2.24. The zero-order valence-electron chi connectivity index (χ0n) is 11.5. The number of likely N-dealkylation sites (N-methyl/N-ethyl adjacent to an activating group) is 1. The minimum Gasteiger partial charge on any atom is -0.355 e. The van der Waals surface area contributed by atoms with E-state index in [1.165, 1.54) is 4.90 Å². The summed E-state index contributed by atoms with van der Waals surface area (Å²) in [6.07, 6.45) is 0.970. The Labute approximate surface area is 104 Å². The van der Waals surface area contributed by atoms with E-state index in [4.69, 9.17) is 0 Å². The van der Waals surface area contributed by atoms with Crippen molar-refractivity contribution in [2.24, 2.45) is 5.92 Å². The number of hydrogen-bond donors (Lipinski definition) is 2. The number of nitrogens with zero attached hydrogens (tertiary/aromatic N) is 1. The standard InChI is InChI=1S/C12H25N3O2/c1-9(2)6-7-13-11(16)8-14-10(3)12(17)15(4)5/h9-10,14H,6-8H2,1-5H3,(H,13,16). The molecule has 0 fully saturated rings. The number of nitrogens with one attached hydrogen (secondary N) is 2. The van der Waals surface area contributed by atoms with Crippen LogP contribution in [-0.2, 0) is 9.59 Å². The third kappa shape index (κ3) is 7.74. The molecule has 0 aromatic heterocycles. The molecule has 2 N–H and O–H groups in total. The van der Waals surface area contributed by atoms with Crippen molar-refractivity contribution in [3.05, 3.63) is 0 Å². The molecule has 0 aromatic carbocycles. The molecule has 2 amide bonds. The zero-order valence-corrected chi connectivity index (χ0v) is 11.5. The number of amides is 2. The van der Waals surface area contributed by atoms with E-state index in [-0.39, 0.29) is 24.4 Å². The Bertz CT molecular complexity index is 252. The van der Waals surface area contributed by atoms with Gasteiger partial charge in [-0.3, -0.25) is 14.9 Å². The van der Waals surface area contributed by atoms with Gasteiger partial charge in [0, 0.05) is 20.6 Å². The van der Waals surface area contributed by atoms with Crippen LogP contribution in [0.25, 0.3) is 0 Å². The van der Waals surface area contributed by atoms with Crippen LogP contribution in [-0.4, -0.2) is 49.9 Å². The Kier molecular flexibility index (Phi) is 7.54. The second-order valence-electron chi connectivity index (χ2n) is 4.87. The Morgan fingerprint density at radius 1 is 1.18 bits per heavy atom. The highest BCUT2D eigenvalue weighted by Crippen LogP contribution is 1.95. The summed E-state index contributed by atoms with van der Waals surface area (Å²) in [5.41, 5.74) is 0. The van der Waals surface area contributed by atoms with Crippen molar-refractivity contribution in [1.82, 2.24) is 15.5 Å².